The number of hydrogen-bond acceptors (Lipinski definition) is 5. The van der Waals surface area contributed by atoms with Crippen LogP contribution in [0, 0.1) is 46.2 Å². The van der Waals surface area contributed by atoms with E-state index >= 15 is 0 Å². The Morgan fingerprint density at radius 3 is 2.05 bits per heavy atom. The Balaban J connectivity index is 0.00000337. The second-order valence-electron chi connectivity index (χ2n) is 11.1. The Morgan fingerprint density at radius 1 is 0.732 bits per heavy atom. The Hall–Kier alpha value is -3.56. The molecule has 41 heavy (non-hydrogen) atoms. The van der Waals surface area contributed by atoms with Crippen LogP contribution in [0.2, 0.25) is 0 Å². The SMILES string of the molecule is Cc1cc(C)c(N2C=CN(c3[c-]c(Oc4[c-]c(N5[CH-]N(C)C(C)(C)c6ccccc65)ccc4)ccc3)[CH-]2)c(C)c1.[Pd]. The third-order valence-electron chi connectivity index (χ3n) is 7.79. The summed E-state index contributed by atoms with van der Waals surface area (Å²) in [7, 11) is 2.11. The van der Waals surface area contributed by atoms with E-state index in [1.165, 1.54) is 27.9 Å². The van der Waals surface area contributed by atoms with Gasteiger partial charge >= 0.3 is 0 Å². The molecule has 2 aliphatic rings. The van der Waals surface area contributed by atoms with Crippen molar-refractivity contribution in [1.29, 1.82) is 0 Å². The number of anilines is 4. The summed E-state index contributed by atoms with van der Waals surface area (Å²) in [5, 5.41) is 0. The second-order valence-corrected chi connectivity index (χ2v) is 11.1. The number of hydrogen-bond donors (Lipinski definition) is 0. The summed E-state index contributed by atoms with van der Waals surface area (Å²) in [6.07, 6.45) is 4.12. The number of benzene rings is 4. The van der Waals surface area contributed by atoms with E-state index < -0.39 is 0 Å². The number of nitrogens with zero attached hydrogens (tertiary/aromatic N) is 4. The number of aryl methyl sites for hydroxylation is 3. The number of fused-ring (bicyclic) bond motifs is 1. The first kappa shape index (κ1) is 29.0. The molecule has 0 bridgehead atoms. The van der Waals surface area contributed by atoms with Crippen molar-refractivity contribution in [2.24, 2.45) is 0 Å². The molecule has 4 aromatic carbocycles. The van der Waals surface area contributed by atoms with E-state index in [4.69, 9.17) is 4.74 Å². The largest absolute Gasteiger partial charge is 0.509 e. The normalized spacial score (nSPS) is 16.0. The van der Waals surface area contributed by atoms with Crippen LogP contribution in [-0.4, -0.2) is 11.9 Å². The fraction of sp³-hybridized carbons (Fsp3) is 0.200. The third-order valence-corrected chi connectivity index (χ3v) is 7.79. The first-order chi connectivity index (χ1) is 19.2. The fourth-order valence-electron chi connectivity index (χ4n) is 5.57. The Morgan fingerprint density at radius 2 is 1.34 bits per heavy atom. The van der Waals surface area contributed by atoms with E-state index in [9.17, 15) is 0 Å². The maximum atomic E-state index is 6.29. The van der Waals surface area contributed by atoms with Crippen molar-refractivity contribution in [2.75, 3.05) is 21.7 Å². The molecule has 0 fully saturated rings. The average Bonchev–Trinajstić information content (AvgIpc) is 3.40. The number of para-hydroxylation sites is 1. The van der Waals surface area contributed by atoms with Gasteiger partial charge in [0.1, 0.15) is 0 Å². The molecule has 0 saturated heterocycles. The Bertz CT molecular complexity index is 1570. The first-order valence-electron chi connectivity index (χ1n) is 13.6. The minimum atomic E-state index is -0.107. The van der Waals surface area contributed by atoms with Gasteiger partial charge in [-0.3, -0.25) is 0 Å². The zero-order valence-corrected chi connectivity index (χ0v) is 25.8. The molecule has 0 spiro atoms. The molecule has 0 radical (unpaired) electrons. The Labute approximate surface area is 258 Å². The monoisotopic (exact) mass is 632 g/mol. The molecule has 0 atom stereocenters. The van der Waals surface area contributed by atoms with Crippen LogP contribution in [0.15, 0.2) is 85.2 Å². The van der Waals surface area contributed by atoms with Gasteiger partial charge in [-0.1, -0.05) is 35.9 Å². The van der Waals surface area contributed by atoms with Gasteiger partial charge in [0, 0.05) is 48.8 Å². The summed E-state index contributed by atoms with van der Waals surface area (Å²) in [6.45, 7) is 15.1. The van der Waals surface area contributed by atoms with Gasteiger partial charge in [-0.25, -0.2) is 0 Å². The van der Waals surface area contributed by atoms with Gasteiger partial charge in [0.05, 0.1) is 0 Å². The smallest absolute Gasteiger partial charge is 0.0184 e. The molecule has 0 aromatic heterocycles. The van der Waals surface area contributed by atoms with Crippen LogP contribution in [0.4, 0.5) is 22.7 Å². The van der Waals surface area contributed by atoms with E-state index in [1.54, 1.807) is 0 Å². The molecule has 0 amide bonds. The molecular weight excluding hydrogens is 599 g/mol. The van der Waals surface area contributed by atoms with Crippen molar-refractivity contribution in [3.63, 3.8) is 0 Å². The molecule has 6 heteroatoms. The summed E-state index contributed by atoms with van der Waals surface area (Å²) >= 11 is 0. The first-order valence-corrected chi connectivity index (χ1v) is 13.6. The molecule has 4 aromatic rings. The standard InChI is InChI=1S/C35H34N4O.Pd/c1-25-19-26(2)34(27(3)20-25)38-18-17-37(24-38)28-11-9-13-30(21-28)40-31-14-10-12-29(22-31)39-23-36(6)35(4,5)32-15-7-8-16-33(32)39;/h7-20,23-24H,1-6H3;/q-4;. The van der Waals surface area contributed by atoms with Gasteiger partial charge < -0.3 is 24.3 Å². The van der Waals surface area contributed by atoms with Gasteiger partial charge in [-0.15, -0.1) is 54.4 Å². The molecule has 0 saturated carbocycles. The zero-order chi connectivity index (χ0) is 28.0. The molecule has 6 rings (SSSR count). The molecule has 0 N–H and O–H groups in total. The summed E-state index contributed by atoms with van der Waals surface area (Å²) < 4.78 is 6.29. The van der Waals surface area contributed by atoms with Crippen LogP contribution in [0.25, 0.3) is 0 Å². The maximum Gasteiger partial charge on any atom is 0.0184 e. The van der Waals surface area contributed by atoms with Crippen LogP contribution in [0.5, 0.6) is 11.5 Å². The average molecular weight is 633 g/mol. The van der Waals surface area contributed by atoms with Crippen molar-refractivity contribution >= 4 is 22.7 Å². The Kier molecular flexibility index (Phi) is 8.03. The second kappa shape index (κ2) is 11.4. The van der Waals surface area contributed by atoms with E-state index in [2.05, 4.69) is 135 Å². The fourth-order valence-corrected chi connectivity index (χ4v) is 5.57. The topological polar surface area (TPSA) is 22.2 Å². The van der Waals surface area contributed by atoms with Crippen molar-refractivity contribution in [2.45, 2.75) is 40.2 Å². The van der Waals surface area contributed by atoms with Crippen molar-refractivity contribution in [3.8, 4) is 11.5 Å². The minimum Gasteiger partial charge on any atom is -0.509 e. The van der Waals surface area contributed by atoms with Crippen LogP contribution in [0.3, 0.4) is 0 Å². The van der Waals surface area contributed by atoms with Crippen molar-refractivity contribution < 1.29 is 25.2 Å². The van der Waals surface area contributed by atoms with Crippen LogP contribution < -0.4 is 19.4 Å². The molecule has 0 unspecified atom stereocenters. The summed E-state index contributed by atoms with van der Waals surface area (Å²) in [5.74, 6) is 1.27. The van der Waals surface area contributed by atoms with Gasteiger partial charge in [0.15, 0.2) is 0 Å². The third kappa shape index (κ3) is 5.53. The van der Waals surface area contributed by atoms with Crippen molar-refractivity contribution in [3.05, 3.63) is 133 Å². The molecular formula is C35H34N4OPd-4. The summed E-state index contributed by atoms with van der Waals surface area (Å²) in [5.41, 5.74) is 9.10. The zero-order valence-electron chi connectivity index (χ0n) is 24.3. The summed E-state index contributed by atoms with van der Waals surface area (Å²) in [6, 6.07) is 31.8. The number of rotatable bonds is 5. The molecule has 2 heterocycles. The van der Waals surface area contributed by atoms with E-state index in [0.29, 0.717) is 11.5 Å². The predicted octanol–water partition coefficient (Wildman–Crippen LogP) is 8.36. The maximum absolute atomic E-state index is 6.29. The van der Waals surface area contributed by atoms with E-state index in [1.807, 2.05) is 36.5 Å². The molecule has 0 aliphatic carbocycles. The molecule has 5 nitrogen and oxygen atoms in total. The van der Waals surface area contributed by atoms with Crippen LogP contribution in [-0.2, 0) is 26.0 Å². The van der Waals surface area contributed by atoms with E-state index in [0.717, 1.165) is 17.1 Å². The molecule has 214 valence electrons. The van der Waals surface area contributed by atoms with Crippen LogP contribution in [0.1, 0.15) is 36.1 Å². The number of ether oxygens (including phenoxy) is 1. The predicted molar refractivity (Wildman–Crippen MR) is 163 cm³/mol. The van der Waals surface area contributed by atoms with Gasteiger partial charge in [-0.05, 0) is 76.8 Å². The van der Waals surface area contributed by atoms with Crippen LogP contribution >= 0.6 is 0 Å². The quantitative estimate of drug-likeness (QED) is 0.162. The van der Waals surface area contributed by atoms with Gasteiger partial charge in [-0.2, -0.15) is 18.8 Å². The van der Waals surface area contributed by atoms with Gasteiger partial charge in [0.25, 0.3) is 0 Å². The summed E-state index contributed by atoms with van der Waals surface area (Å²) in [4.78, 5) is 8.62. The molecule has 2 aliphatic heterocycles. The minimum absolute atomic E-state index is 0. The van der Waals surface area contributed by atoms with E-state index in [-0.39, 0.29) is 26.0 Å². The van der Waals surface area contributed by atoms with Gasteiger partial charge in [0.2, 0.25) is 0 Å². The van der Waals surface area contributed by atoms with Crippen molar-refractivity contribution in [1.82, 2.24) is 4.90 Å².